The van der Waals surface area contributed by atoms with Crippen molar-refractivity contribution in [2.45, 2.75) is 50.4 Å². The highest BCUT2D eigenvalue weighted by atomic mass is 32.3. The molecule has 8 nitrogen and oxygen atoms in total. The molecule has 0 heterocycles. The van der Waals surface area contributed by atoms with Gasteiger partial charge in [0.2, 0.25) is 0 Å². The zero-order chi connectivity index (χ0) is 41.5. The van der Waals surface area contributed by atoms with Crippen LogP contribution in [-0.2, 0) is 10.4 Å². The van der Waals surface area contributed by atoms with Crippen LogP contribution in [0.1, 0.15) is 83.7 Å². The summed E-state index contributed by atoms with van der Waals surface area (Å²) in [6, 6.07) is 52.0. The SMILES string of the molecule is CCC(c1ccccc1)C(c1ccc(OCCNC)cc1)c1ccc(OS(=O)(=O)Oc2ccc(C(c3ccc(OCCNC)cc3)C(CC)c3ccccc3)cc2)cc1. The van der Waals surface area contributed by atoms with Crippen molar-refractivity contribution in [3.8, 4) is 23.0 Å². The molecule has 0 aromatic heterocycles. The highest BCUT2D eigenvalue weighted by Crippen LogP contribution is 2.43. The Morgan fingerprint density at radius 3 is 1.02 bits per heavy atom. The van der Waals surface area contributed by atoms with Crippen LogP contribution in [0, 0.1) is 0 Å². The second-order valence-corrected chi connectivity index (χ2v) is 15.7. The fraction of sp³-hybridized carbons (Fsp3) is 0.280. The maximum Gasteiger partial charge on any atom is 0.500 e. The van der Waals surface area contributed by atoms with Gasteiger partial charge in [0.1, 0.15) is 36.2 Å². The lowest BCUT2D eigenvalue weighted by atomic mass is 9.76. The lowest BCUT2D eigenvalue weighted by Gasteiger charge is -2.28. The summed E-state index contributed by atoms with van der Waals surface area (Å²) >= 11 is 0. The molecule has 0 aliphatic carbocycles. The Morgan fingerprint density at radius 2 is 0.729 bits per heavy atom. The van der Waals surface area contributed by atoms with Crippen LogP contribution in [-0.4, -0.2) is 48.8 Å². The molecule has 6 rings (SSSR count). The van der Waals surface area contributed by atoms with Gasteiger partial charge in [-0.2, -0.15) is 0 Å². The maximum atomic E-state index is 13.3. The molecule has 4 unspecified atom stereocenters. The van der Waals surface area contributed by atoms with Crippen LogP contribution in [0.25, 0.3) is 0 Å². The third kappa shape index (κ3) is 11.8. The summed E-state index contributed by atoms with van der Waals surface area (Å²) in [5, 5.41) is 6.20. The smallest absolute Gasteiger partial charge is 0.492 e. The van der Waals surface area contributed by atoms with E-state index in [2.05, 4.69) is 97.3 Å². The van der Waals surface area contributed by atoms with Crippen molar-refractivity contribution >= 4 is 10.4 Å². The van der Waals surface area contributed by atoms with Crippen LogP contribution >= 0.6 is 0 Å². The molecule has 0 aliphatic rings. The predicted octanol–water partition coefficient (Wildman–Crippen LogP) is 10.2. The third-order valence-corrected chi connectivity index (χ3v) is 11.5. The number of benzene rings is 6. The van der Waals surface area contributed by atoms with Crippen LogP contribution < -0.4 is 28.5 Å². The Hall–Kier alpha value is -5.61. The molecule has 2 N–H and O–H groups in total. The van der Waals surface area contributed by atoms with Crippen molar-refractivity contribution < 1.29 is 26.3 Å². The van der Waals surface area contributed by atoms with Crippen LogP contribution in [0.2, 0.25) is 0 Å². The zero-order valence-corrected chi connectivity index (χ0v) is 35.2. The Balaban J connectivity index is 1.19. The molecule has 4 atom stereocenters. The van der Waals surface area contributed by atoms with E-state index >= 15 is 0 Å². The first-order valence-electron chi connectivity index (χ1n) is 20.5. The normalized spacial score (nSPS) is 13.5. The van der Waals surface area contributed by atoms with Gasteiger partial charge in [-0.15, -0.1) is 8.42 Å². The predicted molar refractivity (Wildman–Crippen MR) is 237 cm³/mol. The second kappa shape index (κ2) is 21.4. The highest BCUT2D eigenvalue weighted by molar-refractivity contribution is 7.82. The van der Waals surface area contributed by atoms with Gasteiger partial charge in [-0.05, 0) is 121 Å². The van der Waals surface area contributed by atoms with E-state index in [-0.39, 0.29) is 35.2 Å². The summed E-state index contributed by atoms with van der Waals surface area (Å²) in [6.45, 7) is 7.07. The molecule has 308 valence electrons. The molecule has 0 spiro atoms. The van der Waals surface area contributed by atoms with Crippen LogP contribution in [0.15, 0.2) is 158 Å². The fourth-order valence-corrected chi connectivity index (χ4v) is 8.57. The van der Waals surface area contributed by atoms with E-state index in [9.17, 15) is 8.42 Å². The molecule has 6 aromatic rings. The highest BCUT2D eigenvalue weighted by Gasteiger charge is 2.28. The lowest BCUT2D eigenvalue weighted by molar-refractivity contribution is 0.318. The first kappa shape index (κ1) is 43.0. The van der Waals surface area contributed by atoms with Gasteiger partial charge in [0.15, 0.2) is 0 Å². The van der Waals surface area contributed by atoms with Crippen LogP contribution in [0.4, 0.5) is 0 Å². The first-order valence-corrected chi connectivity index (χ1v) is 21.8. The second-order valence-electron chi connectivity index (χ2n) is 14.6. The van der Waals surface area contributed by atoms with E-state index in [0.717, 1.165) is 59.7 Å². The minimum Gasteiger partial charge on any atom is -0.492 e. The largest absolute Gasteiger partial charge is 0.500 e. The summed E-state index contributed by atoms with van der Waals surface area (Å²) in [4.78, 5) is 0. The fourth-order valence-electron chi connectivity index (χ4n) is 7.84. The van der Waals surface area contributed by atoms with Crippen LogP contribution in [0.3, 0.4) is 0 Å². The van der Waals surface area contributed by atoms with Gasteiger partial charge in [-0.1, -0.05) is 123 Å². The van der Waals surface area contributed by atoms with Crippen molar-refractivity contribution in [1.82, 2.24) is 10.6 Å². The van der Waals surface area contributed by atoms with E-state index in [1.54, 1.807) is 24.3 Å². The molecular weight excluding hydrogens is 757 g/mol. The minimum atomic E-state index is -4.45. The van der Waals surface area contributed by atoms with E-state index in [1.807, 2.05) is 74.8 Å². The molecule has 0 aliphatic heterocycles. The van der Waals surface area contributed by atoms with Gasteiger partial charge >= 0.3 is 10.4 Å². The van der Waals surface area contributed by atoms with Gasteiger partial charge in [-0.25, -0.2) is 0 Å². The first-order chi connectivity index (χ1) is 28.8. The quantitative estimate of drug-likeness (QED) is 0.0655. The number of nitrogens with one attached hydrogen (secondary N) is 2. The van der Waals surface area contributed by atoms with Crippen LogP contribution in [0.5, 0.6) is 23.0 Å². The molecule has 59 heavy (non-hydrogen) atoms. The Labute approximate surface area is 350 Å². The molecule has 9 heteroatoms. The summed E-state index contributed by atoms with van der Waals surface area (Å²) in [6.07, 6.45) is 1.80. The number of rotatable bonds is 22. The van der Waals surface area contributed by atoms with Gasteiger partial charge in [0.05, 0.1) is 0 Å². The van der Waals surface area contributed by atoms with Crippen molar-refractivity contribution in [3.05, 3.63) is 191 Å². The van der Waals surface area contributed by atoms with E-state index in [0.29, 0.717) is 13.2 Å². The molecular formula is C50H56N2O6S. The standard InChI is InChI=1S/C50H56N2O6S/c1-5-47(37-13-9-7-10-14-37)49(39-17-25-43(26-18-39)55-35-33-51-3)41-21-29-45(30-22-41)57-59(53,54)58-46-31-23-42(24-32-46)50(48(6-2)38-15-11-8-12-16-38)40-19-27-44(28-20-40)56-36-34-52-4/h7-32,47-52H,5-6,33-36H2,1-4H3. The topological polar surface area (TPSA) is 95.1 Å². The van der Waals surface area contributed by atoms with Gasteiger partial charge in [0.25, 0.3) is 0 Å². The van der Waals surface area contributed by atoms with Crippen molar-refractivity contribution in [1.29, 1.82) is 0 Å². The molecule has 6 aromatic carbocycles. The Bertz CT molecular complexity index is 2080. The van der Waals surface area contributed by atoms with Gasteiger partial charge in [0, 0.05) is 24.9 Å². The van der Waals surface area contributed by atoms with Crippen molar-refractivity contribution in [2.24, 2.45) is 0 Å². The van der Waals surface area contributed by atoms with E-state index < -0.39 is 10.4 Å². The molecule has 0 saturated carbocycles. The number of likely N-dealkylation sites (N-methyl/N-ethyl adjacent to an activating group) is 2. The van der Waals surface area contributed by atoms with E-state index in [1.165, 1.54) is 11.1 Å². The summed E-state index contributed by atoms with van der Waals surface area (Å²) in [7, 11) is -0.650. The van der Waals surface area contributed by atoms with E-state index in [4.69, 9.17) is 17.8 Å². The van der Waals surface area contributed by atoms with Gasteiger partial charge < -0.3 is 28.5 Å². The molecule has 0 radical (unpaired) electrons. The Kier molecular flexibility index (Phi) is 15.6. The molecule has 0 bridgehead atoms. The summed E-state index contributed by atoms with van der Waals surface area (Å²) in [5.41, 5.74) is 6.82. The maximum absolute atomic E-state index is 13.3. The zero-order valence-electron chi connectivity index (χ0n) is 34.4. The molecule has 0 fully saturated rings. The van der Waals surface area contributed by atoms with Gasteiger partial charge in [-0.3, -0.25) is 0 Å². The van der Waals surface area contributed by atoms with Crippen molar-refractivity contribution in [2.75, 3.05) is 40.4 Å². The molecule has 0 amide bonds. The number of hydrogen-bond donors (Lipinski definition) is 2. The summed E-state index contributed by atoms with van der Waals surface area (Å²) < 4.78 is 49.4. The lowest BCUT2D eigenvalue weighted by Crippen LogP contribution is -2.17. The minimum absolute atomic E-state index is 0.00168. The monoisotopic (exact) mass is 812 g/mol. The number of ether oxygens (including phenoxy) is 2. The molecule has 0 saturated heterocycles. The Morgan fingerprint density at radius 1 is 0.424 bits per heavy atom. The average Bonchev–Trinajstić information content (AvgIpc) is 3.26. The number of hydrogen-bond acceptors (Lipinski definition) is 8. The van der Waals surface area contributed by atoms with Crippen molar-refractivity contribution in [3.63, 3.8) is 0 Å². The summed E-state index contributed by atoms with van der Waals surface area (Å²) in [5.74, 6) is 2.31. The third-order valence-electron chi connectivity index (χ3n) is 10.7. The average molecular weight is 813 g/mol.